The maximum atomic E-state index is 13.3. The number of benzene rings is 3. The number of piperidine rings is 1. The Balaban J connectivity index is 1.22. The molecule has 1 unspecified atom stereocenters. The van der Waals surface area contributed by atoms with Gasteiger partial charge in [0.2, 0.25) is 11.8 Å². The third kappa shape index (κ3) is 4.75. The summed E-state index contributed by atoms with van der Waals surface area (Å²) in [5.41, 5.74) is 2.09. The van der Waals surface area contributed by atoms with Gasteiger partial charge in [-0.15, -0.1) is 0 Å². The summed E-state index contributed by atoms with van der Waals surface area (Å²) in [4.78, 5) is 39.9. The number of hydrogen-bond acceptors (Lipinski definition) is 3. The van der Waals surface area contributed by atoms with Gasteiger partial charge in [-0.3, -0.25) is 14.4 Å². The fourth-order valence-electron chi connectivity index (χ4n) is 4.43. The first kappa shape index (κ1) is 21.2. The van der Waals surface area contributed by atoms with Gasteiger partial charge in [0.15, 0.2) is 0 Å². The van der Waals surface area contributed by atoms with E-state index in [1.807, 2.05) is 42.5 Å². The maximum absolute atomic E-state index is 13.3. The molecule has 33 heavy (non-hydrogen) atoms. The van der Waals surface area contributed by atoms with Gasteiger partial charge in [0, 0.05) is 35.9 Å². The van der Waals surface area contributed by atoms with Crippen molar-refractivity contribution in [1.82, 2.24) is 4.90 Å². The summed E-state index contributed by atoms with van der Waals surface area (Å²) in [5, 5.41) is 7.83. The summed E-state index contributed by atoms with van der Waals surface area (Å²) in [7, 11) is 0. The molecule has 1 atom stereocenters. The minimum atomic E-state index is -0.257. The van der Waals surface area contributed by atoms with Crippen molar-refractivity contribution >= 4 is 39.9 Å². The molecule has 1 saturated heterocycles. The zero-order valence-corrected chi connectivity index (χ0v) is 18.4. The summed E-state index contributed by atoms with van der Waals surface area (Å²) in [6.45, 7) is 1.06. The molecule has 3 aromatic carbocycles. The third-order valence-electron chi connectivity index (χ3n) is 6.47. The fraction of sp³-hybridized carbons (Fsp3) is 0.296. The number of fused-ring (bicyclic) bond motifs is 1. The molecule has 6 nitrogen and oxygen atoms in total. The molecule has 2 fully saturated rings. The van der Waals surface area contributed by atoms with Gasteiger partial charge in [-0.05, 0) is 66.8 Å². The van der Waals surface area contributed by atoms with E-state index in [4.69, 9.17) is 0 Å². The molecule has 1 heterocycles. The molecule has 3 aromatic rings. The third-order valence-corrected chi connectivity index (χ3v) is 6.47. The maximum Gasteiger partial charge on any atom is 0.254 e. The number of amides is 3. The van der Waals surface area contributed by atoms with Crippen LogP contribution in [0.25, 0.3) is 10.8 Å². The van der Waals surface area contributed by atoms with Crippen LogP contribution in [-0.2, 0) is 9.59 Å². The van der Waals surface area contributed by atoms with Gasteiger partial charge in [0.05, 0.1) is 5.92 Å². The monoisotopic (exact) mass is 441 g/mol. The highest BCUT2D eigenvalue weighted by Crippen LogP contribution is 2.30. The summed E-state index contributed by atoms with van der Waals surface area (Å²) < 4.78 is 0. The van der Waals surface area contributed by atoms with Crippen molar-refractivity contribution < 1.29 is 14.4 Å². The molecule has 5 rings (SSSR count). The number of anilines is 2. The second-order valence-corrected chi connectivity index (χ2v) is 8.95. The van der Waals surface area contributed by atoms with Crippen LogP contribution in [0.5, 0.6) is 0 Å². The van der Waals surface area contributed by atoms with E-state index < -0.39 is 0 Å². The highest BCUT2D eigenvalue weighted by Gasteiger charge is 2.30. The quantitative estimate of drug-likeness (QED) is 0.604. The Bertz CT molecular complexity index is 1200. The van der Waals surface area contributed by atoms with Crippen molar-refractivity contribution in [2.24, 2.45) is 11.8 Å². The summed E-state index contributed by atoms with van der Waals surface area (Å²) in [6.07, 6.45) is 3.46. The molecule has 0 radical (unpaired) electrons. The van der Waals surface area contributed by atoms with Crippen LogP contribution in [0.3, 0.4) is 0 Å². The van der Waals surface area contributed by atoms with Gasteiger partial charge < -0.3 is 15.5 Å². The lowest BCUT2D eigenvalue weighted by Gasteiger charge is -2.32. The van der Waals surface area contributed by atoms with Crippen molar-refractivity contribution in [3.8, 4) is 0 Å². The smallest absolute Gasteiger partial charge is 0.254 e. The average Bonchev–Trinajstić information content (AvgIpc) is 3.70. The Morgan fingerprint density at radius 3 is 2.06 bits per heavy atom. The number of carbonyl (C=O) groups excluding carboxylic acids is 3. The minimum Gasteiger partial charge on any atom is -0.338 e. The lowest BCUT2D eigenvalue weighted by Crippen LogP contribution is -2.43. The van der Waals surface area contributed by atoms with E-state index in [9.17, 15) is 14.4 Å². The highest BCUT2D eigenvalue weighted by molar-refractivity contribution is 6.07. The van der Waals surface area contributed by atoms with Gasteiger partial charge in [-0.1, -0.05) is 36.4 Å². The Morgan fingerprint density at radius 1 is 0.727 bits per heavy atom. The first-order valence-electron chi connectivity index (χ1n) is 11.6. The molecule has 0 aromatic heterocycles. The zero-order chi connectivity index (χ0) is 22.8. The molecule has 0 spiro atoms. The number of nitrogens with zero attached hydrogens (tertiary/aromatic N) is 1. The second kappa shape index (κ2) is 9.06. The van der Waals surface area contributed by atoms with Crippen molar-refractivity contribution in [1.29, 1.82) is 0 Å². The number of nitrogens with one attached hydrogen (secondary N) is 2. The zero-order valence-electron chi connectivity index (χ0n) is 18.4. The average molecular weight is 442 g/mol. The number of hydrogen-bond donors (Lipinski definition) is 2. The van der Waals surface area contributed by atoms with Crippen molar-refractivity contribution in [2.45, 2.75) is 25.7 Å². The van der Waals surface area contributed by atoms with Gasteiger partial charge in [-0.25, -0.2) is 0 Å². The molecule has 3 amide bonds. The molecule has 2 N–H and O–H groups in total. The van der Waals surface area contributed by atoms with Crippen molar-refractivity contribution in [2.75, 3.05) is 23.7 Å². The van der Waals surface area contributed by atoms with E-state index in [1.165, 1.54) is 0 Å². The molecule has 2 aliphatic rings. The molecule has 1 aliphatic carbocycles. The van der Waals surface area contributed by atoms with E-state index >= 15 is 0 Å². The van der Waals surface area contributed by atoms with Crippen LogP contribution < -0.4 is 10.6 Å². The van der Waals surface area contributed by atoms with Crippen molar-refractivity contribution in [3.63, 3.8) is 0 Å². The first-order valence-corrected chi connectivity index (χ1v) is 11.6. The van der Waals surface area contributed by atoms with Gasteiger partial charge in [0.1, 0.15) is 0 Å². The molecule has 1 aliphatic heterocycles. The van der Waals surface area contributed by atoms with E-state index in [-0.39, 0.29) is 29.6 Å². The lowest BCUT2D eigenvalue weighted by atomic mass is 9.95. The van der Waals surface area contributed by atoms with E-state index in [1.54, 1.807) is 29.2 Å². The van der Waals surface area contributed by atoms with Crippen LogP contribution in [0.4, 0.5) is 11.4 Å². The summed E-state index contributed by atoms with van der Waals surface area (Å²) in [6, 6.07) is 20.8. The largest absolute Gasteiger partial charge is 0.338 e. The Labute approximate surface area is 193 Å². The standard InChI is InChI=1S/C27H27N3O3/c31-25(19-10-11-19)28-21-12-14-22(15-13-21)29-26(32)20-7-4-16-30(17-20)27(33)24-9-3-6-18-5-1-2-8-23(18)24/h1-3,5-6,8-9,12-15,19-20H,4,7,10-11,16-17H2,(H,28,31)(H,29,32). The van der Waals surface area contributed by atoms with Crippen LogP contribution >= 0.6 is 0 Å². The molecular formula is C27H27N3O3. The van der Waals surface area contributed by atoms with Crippen molar-refractivity contribution in [3.05, 3.63) is 72.3 Å². The van der Waals surface area contributed by atoms with Gasteiger partial charge >= 0.3 is 0 Å². The molecule has 6 heteroatoms. The van der Waals surface area contributed by atoms with Crippen LogP contribution in [0.15, 0.2) is 66.7 Å². The Kier molecular flexibility index (Phi) is 5.82. The van der Waals surface area contributed by atoms with Crippen LogP contribution in [0.2, 0.25) is 0 Å². The number of rotatable bonds is 5. The van der Waals surface area contributed by atoms with Gasteiger partial charge in [-0.2, -0.15) is 0 Å². The van der Waals surface area contributed by atoms with Gasteiger partial charge in [0.25, 0.3) is 5.91 Å². The Morgan fingerprint density at radius 2 is 1.36 bits per heavy atom. The normalized spacial score (nSPS) is 18.1. The second-order valence-electron chi connectivity index (χ2n) is 8.95. The van der Waals surface area contributed by atoms with E-state index in [0.717, 1.165) is 42.1 Å². The summed E-state index contributed by atoms with van der Waals surface area (Å²) >= 11 is 0. The molecule has 1 saturated carbocycles. The fourth-order valence-corrected chi connectivity index (χ4v) is 4.43. The van der Waals surface area contributed by atoms with Crippen LogP contribution in [0, 0.1) is 11.8 Å². The lowest BCUT2D eigenvalue weighted by molar-refractivity contribution is -0.121. The Hall–Kier alpha value is -3.67. The summed E-state index contributed by atoms with van der Waals surface area (Å²) in [5.74, 6) is -0.160. The molecular weight excluding hydrogens is 414 g/mol. The number of likely N-dealkylation sites (tertiary alicyclic amines) is 1. The predicted octanol–water partition coefficient (Wildman–Crippen LogP) is 4.68. The van der Waals surface area contributed by atoms with E-state index in [0.29, 0.717) is 24.3 Å². The molecule has 168 valence electrons. The van der Waals surface area contributed by atoms with Crippen LogP contribution in [-0.4, -0.2) is 35.7 Å². The van der Waals surface area contributed by atoms with Crippen LogP contribution in [0.1, 0.15) is 36.0 Å². The van der Waals surface area contributed by atoms with E-state index in [2.05, 4.69) is 10.6 Å². The molecule has 0 bridgehead atoms. The topological polar surface area (TPSA) is 78.5 Å². The predicted molar refractivity (Wildman–Crippen MR) is 129 cm³/mol. The number of carbonyl (C=O) groups is 3. The first-order chi connectivity index (χ1) is 16.1. The highest BCUT2D eigenvalue weighted by atomic mass is 16.2. The minimum absolute atomic E-state index is 0.0277. The SMILES string of the molecule is O=C(Nc1ccc(NC(=O)C2CCCN(C(=O)c3cccc4ccccc34)C2)cc1)C1CC1.